The van der Waals surface area contributed by atoms with Gasteiger partial charge in [-0.2, -0.15) is 0 Å². The van der Waals surface area contributed by atoms with Gasteiger partial charge in [-0.05, 0) is 57.2 Å². The molecule has 3 atom stereocenters. The van der Waals surface area contributed by atoms with Crippen molar-refractivity contribution in [1.82, 2.24) is 0 Å². The Morgan fingerprint density at radius 1 is 0.765 bits per heavy atom. The molecule has 1 rings (SSSR count). The van der Waals surface area contributed by atoms with E-state index in [1.165, 1.54) is 12.1 Å². The molecule has 0 aliphatic rings. The molecule has 0 saturated heterocycles. The van der Waals surface area contributed by atoms with Crippen molar-refractivity contribution in [3.8, 4) is 11.5 Å². The van der Waals surface area contributed by atoms with Gasteiger partial charge in [-0.25, -0.2) is 0 Å². The maximum atomic E-state index is 12.5. The van der Waals surface area contributed by atoms with E-state index in [9.17, 15) is 19.2 Å². The van der Waals surface area contributed by atoms with Crippen LogP contribution in [0.5, 0.6) is 11.5 Å². The van der Waals surface area contributed by atoms with E-state index < -0.39 is 36.2 Å². The zero-order valence-electron chi connectivity index (χ0n) is 20.8. The van der Waals surface area contributed by atoms with Crippen molar-refractivity contribution < 1.29 is 38.1 Å². The number of carbonyl (C=O) groups is 4. The third-order valence-electron chi connectivity index (χ3n) is 4.86. The van der Waals surface area contributed by atoms with E-state index in [4.69, 9.17) is 24.7 Å². The zero-order valence-corrected chi connectivity index (χ0v) is 20.8. The standard InChI is InChI=1S/C25H37NO8/c1-6-9-22(27)31-16(4)17(5)32-25(30)19(26)14-18-12-13-20(33-23(28)10-7-2)21(15-18)34-24(29)11-8-3/h12-13,15-17,19H,6-11,14,26H2,1-5H3/t16?,17-,19-/m0/s1. The fourth-order valence-corrected chi connectivity index (χ4v) is 2.87. The zero-order chi connectivity index (χ0) is 25.7. The van der Waals surface area contributed by atoms with Crippen LogP contribution >= 0.6 is 0 Å². The molecule has 0 aliphatic carbocycles. The summed E-state index contributed by atoms with van der Waals surface area (Å²) in [5, 5.41) is 0. The van der Waals surface area contributed by atoms with Crippen molar-refractivity contribution in [3.05, 3.63) is 23.8 Å². The predicted octanol–water partition coefficient (Wildman–Crippen LogP) is 3.63. The number of hydrogen-bond acceptors (Lipinski definition) is 9. The fourth-order valence-electron chi connectivity index (χ4n) is 2.87. The van der Waals surface area contributed by atoms with Crippen LogP contribution in [-0.2, 0) is 35.1 Å². The summed E-state index contributed by atoms with van der Waals surface area (Å²) in [6, 6.07) is 3.66. The molecule has 9 nitrogen and oxygen atoms in total. The highest BCUT2D eigenvalue weighted by molar-refractivity contribution is 5.77. The molecule has 34 heavy (non-hydrogen) atoms. The van der Waals surface area contributed by atoms with Crippen LogP contribution in [0, 0.1) is 0 Å². The van der Waals surface area contributed by atoms with Gasteiger partial charge in [0.05, 0.1) is 0 Å². The van der Waals surface area contributed by atoms with Gasteiger partial charge in [-0.1, -0.05) is 26.8 Å². The summed E-state index contributed by atoms with van der Waals surface area (Å²) in [7, 11) is 0. The monoisotopic (exact) mass is 479 g/mol. The van der Waals surface area contributed by atoms with Gasteiger partial charge in [0.2, 0.25) is 0 Å². The summed E-state index contributed by atoms with van der Waals surface area (Å²) >= 11 is 0. The molecule has 1 unspecified atom stereocenters. The van der Waals surface area contributed by atoms with Crippen molar-refractivity contribution >= 4 is 23.9 Å². The largest absolute Gasteiger partial charge is 0.459 e. The Kier molecular flexibility index (Phi) is 12.9. The molecule has 0 spiro atoms. The van der Waals surface area contributed by atoms with Gasteiger partial charge in [0.1, 0.15) is 18.2 Å². The summed E-state index contributed by atoms with van der Waals surface area (Å²) in [5.41, 5.74) is 6.62. The molecule has 0 aromatic heterocycles. The molecule has 2 N–H and O–H groups in total. The highest BCUT2D eigenvalue weighted by Crippen LogP contribution is 2.30. The topological polar surface area (TPSA) is 131 Å². The van der Waals surface area contributed by atoms with Gasteiger partial charge in [0.15, 0.2) is 11.5 Å². The maximum Gasteiger partial charge on any atom is 0.323 e. The Morgan fingerprint density at radius 2 is 1.26 bits per heavy atom. The van der Waals surface area contributed by atoms with Gasteiger partial charge in [-0.3, -0.25) is 19.2 Å². The van der Waals surface area contributed by atoms with Crippen molar-refractivity contribution in [2.24, 2.45) is 5.73 Å². The minimum atomic E-state index is -1.01. The molecule has 0 saturated carbocycles. The number of ether oxygens (including phenoxy) is 4. The molecule has 1 aromatic rings. The Hall–Kier alpha value is -2.94. The number of benzene rings is 1. The first-order chi connectivity index (χ1) is 16.1. The van der Waals surface area contributed by atoms with E-state index in [0.717, 1.165) is 0 Å². The summed E-state index contributed by atoms with van der Waals surface area (Å²) in [6.07, 6.45) is 1.41. The molecule has 0 bridgehead atoms. The van der Waals surface area contributed by atoms with Crippen LogP contribution in [0.2, 0.25) is 0 Å². The lowest BCUT2D eigenvalue weighted by atomic mass is 10.1. The van der Waals surface area contributed by atoms with E-state index in [0.29, 0.717) is 31.2 Å². The Balaban J connectivity index is 2.87. The van der Waals surface area contributed by atoms with Crippen LogP contribution in [0.4, 0.5) is 0 Å². The van der Waals surface area contributed by atoms with Gasteiger partial charge >= 0.3 is 23.9 Å². The van der Waals surface area contributed by atoms with Crippen LogP contribution < -0.4 is 15.2 Å². The molecule has 190 valence electrons. The highest BCUT2D eigenvalue weighted by Gasteiger charge is 2.24. The maximum absolute atomic E-state index is 12.5. The van der Waals surface area contributed by atoms with Gasteiger partial charge in [-0.15, -0.1) is 0 Å². The van der Waals surface area contributed by atoms with Gasteiger partial charge in [0, 0.05) is 19.3 Å². The number of hydrogen-bond donors (Lipinski definition) is 1. The summed E-state index contributed by atoms with van der Waals surface area (Å²) in [4.78, 5) is 48.0. The second kappa shape index (κ2) is 15.1. The van der Waals surface area contributed by atoms with Crippen LogP contribution in [-0.4, -0.2) is 42.1 Å². The molecule has 1 aromatic carbocycles. The van der Waals surface area contributed by atoms with E-state index in [-0.39, 0.29) is 36.7 Å². The smallest absolute Gasteiger partial charge is 0.323 e. The number of nitrogens with two attached hydrogens (primary N) is 1. The van der Waals surface area contributed by atoms with Gasteiger partial charge < -0.3 is 24.7 Å². The van der Waals surface area contributed by atoms with E-state index in [1.807, 2.05) is 20.8 Å². The Bertz CT molecular complexity index is 838. The SMILES string of the molecule is CCCC(=O)Oc1ccc(C[C@H](N)C(=O)O[C@@H](C)C(C)OC(=O)CCC)cc1OC(=O)CCC. The molecule has 0 heterocycles. The first-order valence-corrected chi connectivity index (χ1v) is 11.8. The minimum absolute atomic E-state index is 0.0887. The third kappa shape index (κ3) is 10.3. The normalized spacial score (nSPS) is 13.4. The average molecular weight is 480 g/mol. The predicted molar refractivity (Wildman–Crippen MR) is 125 cm³/mol. The first kappa shape index (κ1) is 29.1. The second-order valence-electron chi connectivity index (χ2n) is 8.13. The van der Waals surface area contributed by atoms with Crippen LogP contribution in [0.1, 0.15) is 78.7 Å². The summed E-state index contributed by atoms with van der Waals surface area (Å²) in [6.45, 7) is 8.83. The minimum Gasteiger partial charge on any atom is -0.459 e. The van der Waals surface area contributed by atoms with E-state index in [1.54, 1.807) is 19.9 Å². The summed E-state index contributed by atoms with van der Waals surface area (Å²) < 4.78 is 21.3. The van der Waals surface area contributed by atoms with Crippen LogP contribution in [0.15, 0.2) is 18.2 Å². The number of esters is 4. The second-order valence-corrected chi connectivity index (χ2v) is 8.13. The first-order valence-electron chi connectivity index (χ1n) is 11.8. The van der Waals surface area contributed by atoms with Crippen LogP contribution in [0.3, 0.4) is 0 Å². The van der Waals surface area contributed by atoms with Gasteiger partial charge in [0.25, 0.3) is 0 Å². The quantitative estimate of drug-likeness (QED) is 0.314. The molecule has 0 fully saturated rings. The molecular weight excluding hydrogens is 442 g/mol. The number of carbonyl (C=O) groups excluding carboxylic acids is 4. The lowest BCUT2D eigenvalue weighted by molar-refractivity contribution is -0.166. The van der Waals surface area contributed by atoms with Crippen molar-refractivity contribution in [2.45, 2.75) is 97.8 Å². The van der Waals surface area contributed by atoms with E-state index >= 15 is 0 Å². The third-order valence-corrected chi connectivity index (χ3v) is 4.86. The molecular formula is C25H37NO8. The lowest BCUT2D eigenvalue weighted by Gasteiger charge is -2.22. The Morgan fingerprint density at radius 3 is 1.82 bits per heavy atom. The lowest BCUT2D eigenvalue weighted by Crippen LogP contribution is -2.39. The Labute approximate surface area is 201 Å². The summed E-state index contributed by atoms with van der Waals surface area (Å²) in [5.74, 6) is -1.70. The van der Waals surface area contributed by atoms with Crippen molar-refractivity contribution in [3.63, 3.8) is 0 Å². The fraction of sp³-hybridized carbons (Fsp3) is 0.600. The highest BCUT2D eigenvalue weighted by atomic mass is 16.6. The van der Waals surface area contributed by atoms with Crippen molar-refractivity contribution in [1.29, 1.82) is 0 Å². The van der Waals surface area contributed by atoms with Crippen molar-refractivity contribution in [2.75, 3.05) is 0 Å². The average Bonchev–Trinajstić information content (AvgIpc) is 2.75. The molecule has 0 amide bonds. The number of rotatable bonds is 14. The molecule has 0 radical (unpaired) electrons. The molecule has 9 heteroatoms. The van der Waals surface area contributed by atoms with E-state index in [2.05, 4.69) is 0 Å². The molecule has 0 aliphatic heterocycles. The van der Waals surface area contributed by atoms with Crippen LogP contribution in [0.25, 0.3) is 0 Å².